The zero-order chi connectivity index (χ0) is 11.0. The fraction of sp³-hybridized carbons (Fsp3) is 0.417. The molecule has 78 valence electrons. The molecule has 0 atom stereocenters. The monoisotopic (exact) mass is 210 g/mol. The van der Waals surface area contributed by atoms with Crippen LogP contribution in [0.3, 0.4) is 0 Å². The largest absolute Gasteiger partial charge is 0.293 e. The Morgan fingerprint density at radius 3 is 2.50 bits per heavy atom. The first kappa shape index (κ1) is 13.2. The lowest BCUT2D eigenvalue weighted by Gasteiger charge is -2.15. The standard InChI is InChI=1S/C10H12OS.C2H6/c1-3-5-9-8(4-2)6-12-7-10(9)11;1-2/h3-5H,1,6-7H2,2H3;1-2H3/b8-4-,9-5+;. The van der Waals surface area contributed by atoms with Crippen LogP contribution in [-0.2, 0) is 4.79 Å². The van der Waals surface area contributed by atoms with E-state index in [0.29, 0.717) is 5.75 Å². The van der Waals surface area contributed by atoms with Gasteiger partial charge in [-0.25, -0.2) is 0 Å². The first-order valence-corrected chi connectivity index (χ1v) is 6.04. The van der Waals surface area contributed by atoms with Crippen molar-refractivity contribution < 1.29 is 4.79 Å². The van der Waals surface area contributed by atoms with Crippen LogP contribution in [0.2, 0.25) is 0 Å². The van der Waals surface area contributed by atoms with Gasteiger partial charge in [-0.3, -0.25) is 4.79 Å². The topological polar surface area (TPSA) is 17.1 Å². The van der Waals surface area contributed by atoms with Gasteiger partial charge < -0.3 is 0 Å². The summed E-state index contributed by atoms with van der Waals surface area (Å²) < 4.78 is 0. The van der Waals surface area contributed by atoms with E-state index >= 15 is 0 Å². The van der Waals surface area contributed by atoms with Crippen LogP contribution in [0.1, 0.15) is 20.8 Å². The van der Waals surface area contributed by atoms with Gasteiger partial charge in [0.1, 0.15) is 0 Å². The Morgan fingerprint density at radius 2 is 2.00 bits per heavy atom. The van der Waals surface area contributed by atoms with Crippen LogP contribution < -0.4 is 0 Å². The van der Waals surface area contributed by atoms with Crippen molar-refractivity contribution in [3.8, 4) is 0 Å². The molecule has 0 radical (unpaired) electrons. The second-order valence-electron chi connectivity index (χ2n) is 2.55. The summed E-state index contributed by atoms with van der Waals surface area (Å²) in [5, 5.41) is 0. The Bertz CT molecular complexity index is 261. The summed E-state index contributed by atoms with van der Waals surface area (Å²) in [7, 11) is 0. The second-order valence-corrected chi connectivity index (χ2v) is 3.53. The minimum Gasteiger partial charge on any atom is -0.293 e. The first-order valence-electron chi connectivity index (χ1n) is 4.88. The van der Waals surface area contributed by atoms with Crippen molar-refractivity contribution in [2.24, 2.45) is 0 Å². The molecule has 1 fully saturated rings. The van der Waals surface area contributed by atoms with Crippen molar-refractivity contribution in [1.82, 2.24) is 0 Å². The number of carbonyl (C=O) groups excluding carboxylic acids is 1. The summed E-state index contributed by atoms with van der Waals surface area (Å²) in [6, 6.07) is 0. The van der Waals surface area contributed by atoms with Gasteiger partial charge in [0.2, 0.25) is 0 Å². The molecule has 1 aliphatic heterocycles. The van der Waals surface area contributed by atoms with E-state index in [0.717, 1.165) is 16.9 Å². The zero-order valence-electron chi connectivity index (χ0n) is 9.17. The number of carbonyl (C=O) groups is 1. The summed E-state index contributed by atoms with van der Waals surface area (Å²) in [5.41, 5.74) is 1.97. The molecular formula is C12H18OS. The first-order chi connectivity index (χ1) is 6.79. The average molecular weight is 210 g/mol. The van der Waals surface area contributed by atoms with E-state index in [2.05, 4.69) is 6.58 Å². The molecule has 1 heterocycles. The molecule has 0 saturated carbocycles. The zero-order valence-corrected chi connectivity index (χ0v) is 9.99. The van der Waals surface area contributed by atoms with Crippen molar-refractivity contribution in [1.29, 1.82) is 0 Å². The average Bonchev–Trinajstić information content (AvgIpc) is 2.24. The number of hydrogen-bond acceptors (Lipinski definition) is 2. The number of allylic oxidation sites excluding steroid dienone is 4. The number of ketones is 1. The van der Waals surface area contributed by atoms with Crippen LogP contribution in [0.5, 0.6) is 0 Å². The predicted octanol–water partition coefficient (Wildman–Crippen LogP) is 3.39. The van der Waals surface area contributed by atoms with Crippen LogP contribution in [0, 0.1) is 0 Å². The number of rotatable bonds is 1. The molecule has 0 N–H and O–H groups in total. The Balaban J connectivity index is 0.000000791. The van der Waals surface area contributed by atoms with Crippen molar-refractivity contribution in [2.45, 2.75) is 20.8 Å². The fourth-order valence-electron chi connectivity index (χ4n) is 1.14. The molecule has 14 heavy (non-hydrogen) atoms. The predicted molar refractivity (Wildman–Crippen MR) is 65.7 cm³/mol. The number of Topliss-reactive ketones (excluding diaryl/α,β-unsaturated/α-hetero) is 1. The summed E-state index contributed by atoms with van der Waals surface area (Å²) in [6.07, 6.45) is 5.48. The Kier molecular flexibility index (Phi) is 7.21. The van der Waals surface area contributed by atoms with E-state index < -0.39 is 0 Å². The van der Waals surface area contributed by atoms with Crippen molar-refractivity contribution >= 4 is 17.5 Å². The van der Waals surface area contributed by atoms with E-state index in [1.54, 1.807) is 23.9 Å². The molecule has 0 aromatic heterocycles. The van der Waals surface area contributed by atoms with Gasteiger partial charge in [-0.05, 0) is 12.5 Å². The van der Waals surface area contributed by atoms with Crippen LogP contribution >= 0.6 is 11.8 Å². The van der Waals surface area contributed by atoms with Crippen LogP contribution in [0.15, 0.2) is 36.0 Å². The highest BCUT2D eigenvalue weighted by Gasteiger charge is 2.18. The normalized spacial score (nSPS) is 21.8. The van der Waals surface area contributed by atoms with Gasteiger partial charge in [0.15, 0.2) is 5.78 Å². The smallest absolute Gasteiger partial charge is 0.173 e. The van der Waals surface area contributed by atoms with E-state index in [9.17, 15) is 4.79 Å². The number of hydrogen-bond donors (Lipinski definition) is 0. The minimum atomic E-state index is 0.222. The molecular weight excluding hydrogens is 192 g/mol. The molecule has 1 saturated heterocycles. The summed E-state index contributed by atoms with van der Waals surface area (Å²) in [4.78, 5) is 11.4. The molecule has 0 aromatic rings. The minimum absolute atomic E-state index is 0.222. The molecule has 2 heteroatoms. The molecule has 0 spiro atoms. The van der Waals surface area contributed by atoms with Gasteiger partial charge in [-0.1, -0.05) is 38.7 Å². The Morgan fingerprint density at radius 1 is 1.36 bits per heavy atom. The van der Waals surface area contributed by atoms with Crippen molar-refractivity contribution in [3.63, 3.8) is 0 Å². The van der Waals surface area contributed by atoms with E-state index in [1.807, 2.05) is 26.8 Å². The third-order valence-electron chi connectivity index (χ3n) is 1.77. The maximum absolute atomic E-state index is 11.4. The van der Waals surface area contributed by atoms with E-state index in [1.165, 1.54) is 0 Å². The van der Waals surface area contributed by atoms with Gasteiger partial charge in [0.05, 0.1) is 5.75 Å². The molecule has 1 nitrogen and oxygen atoms in total. The van der Waals surface area contributed by atoms with Crippen LogP contribution in [0.4, 0.5) is 0 Å². The van der Waals surface area contributed by atoms with Crippen molar-refractivity contribution in [3.05, 3.63) is 36.0 Å². The maximum atomic E-state index is 11.4. The van der Waals surface area contributed by atoms with Gasteiger partial charge in [-0.15, -0.1) is 11.8 Å². The maximum Gasteiger partial charge on any atom is 0.173 e. The van der Waals surface area contributed by atoms with Crippen LogP contribution in [-0.4, -0.2) is 17.3 Å². The highest BCUT2D eigenvalue weighted by molar-refractivity contribution is 8.00. The quantitative estimate of drug-likeness (QED) is 0.617. The summed E-state index contributed by atoms with van der Waals surface area (Å²) in [6.45, 7) is 9.56. The molecule has 0 unspecified atom stereocenters. The molecule has 0 amide bonds. The van der Waals surface area contributed by atoms with E-state index in [4.69, 9.17) is 0 Å². The van der Waals surface area contributed by atoms with Gasteiger partial charge in [-0.2, -0.15) is 0 Å². The number of thioether (sulfide) groups is 1. The van der Waals surface area contributed by atoms with Gasteiger partial charge in [0.25, 0.3) is 0 Å². The Labute approximate surface area is 91.0 Å². The molecule has 1 aliphatic rings. The SMILES string of the molecule is C=C/C=C1/C(=O)CSC/C1=C/C.CC. The second kappa shape index (κ2) is 7.63. The lowest BCUT2D eigenvalue weighted by molar-refractivity contribution is -0.113. The Hall–Kier alpha value is -0.760. The summed E-state index contributed by atoms with van der Waals surface area (Å²) in [5.74, 6) is 1.78. The highest BCUT2D eigenvalue weighted by atomic mass is 32.2. The van der Waals surface area contributed by atoms with Gasteiger partial charge in [0, 0.05) is 11.3 Å². The third-order valence-corrected chi connectivity index (χ3v) is 2.75. The van der Waals surface area contributed by atoms with E-state index in [-0.39, 0.29) is 5.78 Å². The molecule has 0 aromatic carbocycles. The fourth-order valence-corrected chi connectivity index (χ4v) is 2.13. The lowest BCUT2D eigenvalue weighted by Crippen LogP contribution is -2.15. The molecule has 1 rings (SSSR count). The highest BCUT2D eigenvalue weighted by Crippen LogP contribution is 2.24. The van der Waals surface area contributed by atoms with Gasteiger partial charge >= 0.3 is 0 Å². The summed E-state index contributed by atoms with van der Waals surface area (Å²) >= 11 is 1.67. The van der Waals surface area contributed by atoms with Crippen LogP contribution in [0.25, 0.3) is 0 Å². The lowest BCUT2D eigenvalue weighted by atomic mass is 10.0. The molecule has 0 aliphatic carbocycles. The molecule has 0 bridgehead atoms. The van der Waals surface area contributed by atoms with Crippen molar-refractivity contribution in [2.75, 3.05) is 11.5 Å². The third kappa shape index (κ3) is 3.54.